The molecule has 0 aliphatic heterocycles. The summed E-state index contributed by atoms with van der Waals surface area (Å²) < 4.78 is 0. The van der Waals surface area contributed by atoms with Crippen molar-refractivity contribution in [3.8, 4) is 0 Å². The van der Waals surface area contributed by atoms with Crippen LogP contribution in [0.2, 0.25) is 0 Å². The predicted molar refractivity (Wildman–Crippen MR) is 89.0 cm³/mol. The standard InChI is InChI=1S/C20H34O/c1-14(2)15-6-7-17-16-8-9-19(4,21)12-10-18(16,3)11-13-20(15,17)5/h8-9,14-17,21H,6-7,10-13H2,1-5H3. The molecule has 2 saturated carbocycles. The number of allylic oxidation sites excluding steroid dienone is 1. The maximum absolute atomic E-state index is 10.5. The molecule has 2 fully saturated rings. The van der Waals surface area contributed by atoms with Gasteiger partial charge in [0.25, 0.3) is 0 Å². The Bertz CT molecular complexity index is 435. The Hall–Kier alpha value is -0.300. The Labute approximate surface area is 131 Å². The first-order chi connectivity index (χ1) is 9.68. The minimum Gasteiger partial charge on any atom is -0.386 e. The lowest BCUT2D eigenvalue weighted by molar-refractivity contribution is -0.0333. The first-order valence-corrected chi connectivity index (χ1v) is 9.10. The maximum atomic E-state index is 10.5. The van der Waals surface area contributed by atoms with Crippen LogP contribution in [0.3, 0.4) is 0 Å². The first kappa shape index (κ1) is 15.6. The van der Waals surface area contributed by atoms with Crippen LogP contribution < -0.4 is 0 Å². The van der Waals surface area contributed by atoms with Crippen molar-refractivity contribution in [3.05, 3.63) is 12.2 Å². The average Bonchev–Trinajstić information content (AvgIpc) is 2.68. The van der Waals surface area contributed by atoms with Gasteiger partial charge in [-0.2, -0.15) is 0 Å². The van der Waals surface area contributed by atoms with Gasteiger partial charge in [-0.05, 0) is 80.0 Å². The van der Waals surface area contributed by atoms with Crippen LogP contribution in [-0.4, -0.2) is 10.7 Å². The second kappa shape index (κ2) is 4.85. The van der Waals surface area contributed by atoms with Crippen LogP contribution in [0.15, 0.2) is 12.2 Å². The summed E-state index contributed by atoms with van der Waals surface area (Å²) in [6, 6.07) is 0. The highest BCUT2D eigenvalue weighted by Gasteiger charge is 2.57. The summed E-state index contributed by atoms with van der Waals surface area (Å²) in [4.78, 5) is 0. The SMILES string of the molecule is CC(C)C1CCC2C3C=CC(C)(O)CCC3(C)CCC12C. The van der Waals surface area contributed by atoms with Gasteiger partial charge in [0.1, 0.15) is 0 Å². The normalized spacial score (nSPS) is 53.4. The van der Waals surface area contributed by atoms with Crippen molar-refractivity contribution in [2.45, 2.75) is 78.7 Å². The molecule has 1 nitrogen and oxygen atoms in total. The van der Waals surface area contributed by atoms with Crippen molar-refractivity contribution in [2.24, 2.45) is 34.5 Å². The molecule has 1 heteroatoms. The highest BCUT2D eigenvalue weighted by atomic mass is 16.3. The van der Waals surface area contributed by atoms with E-state index in [1.54, 1.807) is 0 Å². The lowest BCUT2D eigenvalue weighted by Crippen LogP contribution is -2.46. The average molecular weight is 290 g/mol. The van der Waals surface area contributed by atoms with Gasteiger partial charge in [0.05, 0.1) is 5.60 Å². The number of aliphatic hydroxyl groups is 1. The molecule has 3 aliphatic carbocycles. The zero-order valence-electron chi connectivity index (χ0n) is 14.7. The first-order valence-electron chi connectivity index (χ1n) is 9.10. The molecular formula is C20H34O. The lowest BCUT2D eigenvalue weighted by atomic mass is 9.51. The Morgan fingerprint density at radius 1 is 1.00 bits per heavy atom. The molecule has 0 spiro atoms. The van der Waals surface area contributed by atoms with E-state index in [0.29, 0.717) is 16.7 Å². The molecule has 3 aliphatic rings. The van der Waals surface area contributed by atoms with E-state index in [2.05, 4.69) is 39.8 Å². The number of fused-ring (bicyclic) bond motifs is 3. The topological polar surface area (TPSA) is 20.2 Å². The summed E-state index contributed by atoms with van der Waals surface area (Å²) in [5.74, 6) is 3.20. The van der Waals surface area contributed by atoms with Crippen LogP contribution in [0, 0.1) is 34.5 Å². The van der Waals surface area contributed by atoms with E-state index >= 15 is 0 Å². The predicted octanol–water partition coefficient (Wildman–Crippen LogP) is 5.19. The van der Waals surface area contributed by atoms with Gasteiger partial charge in [-0.15, -0.1) is 0 Å². The molecule has 0 aromatic heterocycles. The second-order valence-corrected chi connectivity index (χ2v) is 9.44. The van der Waals surface area contributed by atoms with Crippen molar-refractivity contribution < 1.29 is 5.11 Å². The highest BCUT2D eigenvalue weighted by molar-refractivity contribution is 5.16. The largest absolute Gasteiger partial charge is 0.386 e. The molecule has 0 bridgehead atoms. The van der Waals surface area contributed by atoms with E-state index in [1.165, 1.54) is 32.1 Å². The Morgan fingerprint density at radius 2 is 1.67 bits per heavy atom. The minimum absolute atomic E-state index is 0.410. The van der Waals surface area contributed by atoms with E-state index in [9.17, 15) is 5.11 Å². The van der Waals surface area contributed by atoms with Crippen molar-refractivity contribution in [2.75, 3.05) is 0 Å². The molecule has 120 valence electrons. The van der Waals surface area contributed by atoms with Crippen LogP contribution in [0.4, 0.5) is 0 Å². The molecule has 0 aromatic carbocycles. The van der Waals surface area contributed by atoms with Crippen molar-refractivity contribution in [1.29, 1.82) is 0 Å². The van der Waals surface area contributed by atoms with Gasteiger partial charge in [0, 0.05) is 0 Å². The summed E-state index contributed by atoms with van der Waals surface area (Å²) in [6.45, 7) is 11.9. The van der Waals surface area contributed by atoms with Gasteiger partial charge in [-0.1, -0.05) is 39.8 Å². The molecule has 0 heterocycles. The number of rotatable bonds is 1. The van der Waals surface area contributed by atoms with E-state index in [-0.39, 0.29) is 0 Å². The van der Waals surface area contributed by atoms with Crippen LogP contribution in [0.5, 0.6) is 0 Å². The Balaban J connectivity index is 1.95. The van der Waals surface area contributed by atoms with Gasteiger partial charge in [-0.25, -0.2) is 0 Å². The molecule has 6 unspecified atom stereocenters. The van der Waals surface area contributed by atoms with Crippen LogP contribution in [0.1, 0.15) is 73.1 Å². The maximum Gasteiger partial charge on any atom is 0.0800 e. The van der Waals surface area contributed by atoms with E-state index in [4.69, 9.17) is 0 Å². The smallest absolute Gasteiger partial charge is 0.0800 e. The molecule has 0 aromatic rings. The highest BCUT2D eigenvalue weighted by Crippen LogP contribution is 2.65. The molecule has 0 amide bonds. The van der Waals surface area contributed by atoms with Crippen LogP contribution in [0.25, 0.3) is 0 Å². The molecule has 1 N–H and O–H groups in total. The summed E-state index contributed by atoms with van der Waals surface area (Å²) >= 11 is 0. The fourth-order valence-corrected chi connectivity index (χ4v) is 6.15. The molecule has 0 radical (unpaired) electrons. The summed E-state index contributed by atoms with van der Waals surface area (Å²) in [5.41, 5.74) is 0.346. The van der Waals surface area contributed by atoms with Gasteiger partial charge < -0.3 is 5.11 Å². The number of hydrogen-bond donors (Lipinski definition) is 1. The third kappa shape index (κ3) is 2.40. The van der Waals surface area contributed by atoms with Crippen LogP contribution >= 0.6 is 0 Å². The van der Waals surface area contributed by atoms with Gasteiger partial charge >= 0.3 is 0 Å². The van der Waals surface area contributed by atoms with E-state index in [1.807, 2.05) is 6.92 Å². The molecule has 3 rings (SSSR count). The van der Waals surface area contributed by atoms with Crippen molar-refractivity contribution in [3.63, 3.8) is 0 Å². The van der Waals surface area contributed by atoms with Crippen molar-refractivity contribution in [1.82, 2.24) is 0 Å². The quantitative estimate of drug-likeness (QED) is 0.659. The van der Waals surface area contributed by atoms with Gasteiger partial charge in [0.2, 0.25) is 0 Å². The minimum atomic E-state index is -0.590. The van der Waals surface area contributed by atoms with Crippen molar-refractivity contribution >= 4 is 0 Å². The third-order valence-corrected chi connectivity index (χ3v) is 7.63. The molecule has 21 heavy (non-hydrogen) atoms. The molecule has 0 saturated heterocycles. The summed E-state index contributed by atoms with van der Waals surface area (Å²) in [7, 11) is 0. The van der Waals surface area contributed by atoms with E-state index in [0.717, 1.165) is 24.2 Å². The summed E-state index contributed by atoms with van der Waals surface area (Å²) in [6.07, 6.45) is 12.2. The monoisotopic (exact) mass is 290 g/mol. The lowest BCUT2D eigenvalue weighted by Gasteiger charge is -2.53. The second-order valence-electron chi connectivity index (χ2n) is 9.44. The summed E-state index contributed by atoms with van der Waals surface area (Å²) in [5, 5.41) is 10.5. The number of hydrogen-bond acceptors (Lipinski definition) is 1. The molecule has 6 atom stereocenters. The van der Waals surface area contributed by atoms with Crippen LogP contribution in [-0.2, 0) is 0 Å². The molecular weight excluding hydrogens is 256 g/mol. The van der Waals surface area contributed by atoms with Gasteiger partial charge in [-0.3, -0.25) is 0 Å². The zero-order chi connectivity index (χ0) is 15.5. The Kier molecular flexibility index (Phi) is 3.60. The fourth-order valence-electron chi connectivity index (χ4n) is 6.15. The van der Waals surface area contributed by atoms with Gasteiger partial charge in [0.15, 0.2) is 0 Å². The third-order valence-electron chi connectivity index (χ3n) is 7.63. The zero-order valence-corrected chi connectivity index (χ0v) is 14.7. The van der Waals surface area contributed by atoms with E-state index < -0.39 is 5.60 Å². The Morgan fingerprint density at radius 3 is 2.33 bits per heavy atom. The fraction of sp³-hybridized carbons (Fsp3) is 0.900.